The van der Waals surface area contributed by atoms with Crippen LogP contribution in [0.15, 0.2) is 36.5 Å². The molecule has 2 heterocycles. The standard InChI is InChI=1S/C23H28O9/c1-9(2)20(25)31-16-14-12(6)22(27)29-13(14)8-11(5)15-17(30-15)18(24)23(7,28)19(16)32-21(26)10(3)4/h11,13-17,19,28H,1,3,6,8H2,2,4-5,7H3/t11-,13-,14-,15+,16+,17?,19+,23+/m1/s1. The van der Waals surface area contributed by atoms with Gasteiger partial charge in [0.15, 0.2) is 23.6 Å². The van der Waals surface area contributed by atoms with Crippen molar-refractivity contribution in [2.75, 3.05) is 0 Å². The molecule has 2 aliphatic heterocycles. The van der Waals surface area contributed by atoms with E-state index >= 15 is 0 Å². The van der Waals surface area contributed by atoms with Gasteiger partial charge in [-0.25, -0.2) is 14.4 Å². The molecule has 3 rings (SSSR count). The van der Waals surface area contributed by atoms with E-state index in [-0.39, 0.29) is 29.1 Å². The lowest BCUT2D eigenvalue weighted by molar-refractivity contribution is -0.195. The summed E-state index contributed by atoms with van der Waals surface area (Å²) in [7, 11) is 0. The van der Waals surface area contributed by atoms with E-state index < -0.39 is 65.7 Å². The van der Waals surface area contributed by atoms with Crippen molar-refractivity contribution in [3.63, 3.8) is 0 Å². The Hall–Kier alpha value is -2.78. The first-order valence-corrected chi connectivity index (χ1v) is 10.3. The highest BCUT2D eigenvalue weighted by Gasteiger charge is 2.63. The van der Waals surface area contributed by atoms with Crippen LogP contribution in [0.5, 0.6) is 0 Å². The highest BCUT2D eigenvalue weighted by molar-refractivity contribution is 5.95. The van der Waals surface area contributed by atoms with E-state index in [0.29, 0.717) is 0 Å². The van der Waals surface area contributed by atoms with Gasteiger partial charge in [0.1, 0.15) is 12.2 Å². The average Bonchev–Trinajstić information content (AvgIpc) is 3.45. The van der Waals surface area contributed by atoms with Crippen molar-refractivity contribution < 1.29 is 43.2 Å². The van der Waals surface area contributed by atoms with Crippen molar-refractivity contribution in [2.45, 2.75) is 70.2 Å². The molecule has 1 unspecified atom stereocenters. The summed E-state index contributed by atoms with van der Waals surface area (Å²) in [6.45, 7) is 16.6. The van der Waals surface area contributed by atoms with Crippen LogP contribution in [-0.4, -0.2) is 64.9 Å². The lowest BCUT2D eigenvalue weighted by Gasteiger charge is -2.40. The second-order valence-corrected chi connectivity index (χ2v) is 9.00. The van der Waals surface area contributed by atoms with E-state index in [1.165, 1.54) is 13.8 Å². The van der Waals surface area contributed by atoms with E-state index in [9.17, 15) is 24.3 Å². The van der Waals surface area contributed by atoms with E-state index in [4.69, 9.17) is 18.9 Å². The second-order valence-electron chi connectivity index (χ2n) is 9.00. The smallest absolute Gasteiger partial charge is 0.334 e. The first-order valence-electron chi connectivity index (χ1n) is 10.3. The van der Waals surface area contributed by atoms with E-state index in [1.807, 2.05) is 6.92 Å². The van der Waals surface area contributed by atoms with Crippen LogP contribution in [0.4, 0.5) is 0 Å². The molecule has 0 aromatic heterocycles. The van der Waals surface area contributed by atoms with E-state index in [2.05, 4.69) is 19.7 Å². The molecule has 0 bridgehead atoms. The third-order valence-electron chi connectivity index (χ3n) is 6.15. The summed E-state index contributed by atoms with van der Waals surface area (Å²) in [5.74, 6) is -4.38. The molecule has 32 heavy (non-hydrogen) atoms. The fourth-order valence-electron chi connectivity index (χ4n) is 4.21. The Morgan fingerprint density at radius 1 is 1.12 bits per heavy atom. The number of hydrogen-bond donors (Lipinski definition) is 1. The van der Waals surface area contributed by atoms with Crippen LogP contribution >= 0.6 is 0 Å². The average molecular weight is 448 g/mol. The molecule has 9 heteroatoms. The predicted molar refractivity (Wildman–Crippen MR) is 110 cm³/mol. The van der Waals surface area contributed by atoms with Crippen LogP contribution in [0.1, 0.15) is 34.1 Å². The van der Waals surface area contributed by atoms with Crippen LogP contribution in [0, 0.1) is 11.8 Å². The van der Waals surface area contributed by atoms with Crippen LogP contribution in [0.25, 0.3) is 0 Å². The molecule has 3 fully saturated rings. The lowest BCUT2D eigenvalue weighted by Crippen LogP contribution is -2.60. The minimum absolute atomic E-state index is 0.00128. The number of esters is 3. The maximum atomic E-state index is 13.2. The highest BCUT2D eigenvalue weighted by atomic mass is 16.6. The van der Waals surface area contributed by atoms with Crippen molar-refractivity contribution in [2.24, 2.45) is 11.8 Å². The predicted octanol–water partition coefficient (Wildman–Crippen LogP) is 1.19. The molecule has 0 radical (unpaired) electrons. The zero-order chi connectivity index (χ0) is 24.1. The lowest BCUT2D eigenvalue weighted by atomic mass is 9.75. The Bertz CT molecular complexity index is 914. The second kappa shape index (κ2) is 8.29. The summed E-state index contributed by atoms with van der Waals surface area (Å²) < 4.78 is 22.1. The zero-order valence-corrected chi connectivity index (χ0v) is 18.6. The van der Waals surface area contributed by atoms with Gasteiger partial charge in [-0.05, 0) is 33.1 Å². The molecule has 0 aromatic rings. The topological polar surface area (TPSA) is 129 Å². The quantitative estimate of drug-likeness (QED) is 0.292. The molecule has 174 valence electrons. The third kappa shape index (κ3) is 4.14. The Morgan fingerprint density at radius 2 is 1.69 bits per heavy atom. The minimum Gasteiger partial charge on any atom is -0.458 e. The molecule has 1 saturated carbocycles. The molecule has 0 aromatic carbocycles. The third-order valence-corrected chi connectivity index (χ3v) is 6.15. The van der Waals surface area contributed by atoms with Gasteiger partial charge in [-0.15, -0.1) is 0 Å². The molecule has 8 atom stereocenters. The maximum Gasteiger partial charge on any atom is 0.334 e. The Kier molecular flexibility index (Phi) is 6.19. The van der Waals surface area contributed by atoms with Gasteiger partial charge in [-0.3, -0.25) is 4.79 Å². The summed E-state index contributed by atoms with van der Waals surface area (Å²) >= 11 is 0. The fourth-order valence-corrected chi connectivity index (χ4v) is 4.21. The molecule has 3 aliphatic rings. The van der Waals surface area contributed by atoms with Gasteiger partial charge in [0.25, 0.3) is 0 Å². The van der Waals surface area contributed by atoms with E-state index in [1.54, 1.807) is 0 Å². The van der Waals surface area contributed by atoms with Gasteiger partial charge in [-0.1, -0.05) is 26.7 Å². The molecule has 2 saturated heterocycles. The summed E-state index contributed by atoms with van der Waals surface area (Å²) in [6, 6.07) is 0. The number of Topliss-reactive ketones (excluding diaryl/α,β-unsaturated/α-hetero) is 1. The van der Waals surface area contributed by atoms with Gasteiger partial charge in [-0.2, -0.15) is 0 Å². The summed E-state index contributed by atoms with van der Waals surface area (Å²) in [4.78, 5) is 50.5. The molecule has 1 aliphatic carbocycles. The number of hydrogen-bond acceptors (Lipinski definition) is 9. The molecule has 1 N–H and O–H groups in total. The van der Waals surface area contributed by atoms with Crippen molar-refractivity contribution in [1.29, 1.82) is 0 Å². The number of aliphatic hydroxyl groups is 1. The molecule has 9 nitrogen and oxygen atoms in total. The van der Waals surface area contributed by atoms with Crippen LogP contribution in [0.3, 0.4) is 0 Å². The van der Waals surface area contributed by atoms with Gasteiger partial charge in [0.2, 0.25) is 0 Å². The summed E-state index contributed by atoms with van der Waals surface area (Å²) in [5, 5.41) is 11.3. The Balaban J connectivity index is 2.16. The largest absolute Gasteiger partial charge is 0.458 e. The minimum atomic E-state index is -2.32. The fraction of sp³-hybridized carbons (Fsp3) is 0.565. The van der Waals surface area contributed by atoms with E-state index in [0.717, 1.165) is 6.92 Å². The first kappa shape index (κ1) is 23.9. The summed E-state index contributed by atoms with van der Waals surface area (Å²) in [6.07, 6.45) is -5.09. The normalized spacial score (nSPS) is 38.7. The van der Waals surface area contributed by atoms with Crippen LogP contribution in [0.2, 0.25) is 0 Å². The van der Waals surface area contributed by atoms with Crippen molar-refractivity contribution >= 4 is 23.7 Å². The van der Waals surface area contributed by atoms with Crippen molar-refractivity contribution in [1.82, 2.24) is 0 Å². The van der Waals surface area contributed by atoms with Crippen molar-refractivity contribution in [3.8, 4) is 0 Å². The summed E-state index contributed by atoms with van der Waals surface area (Å²) in [5.41, 5.74) is -2.31. The zero-order valence-electron chi connectivity index (χ0n) is 18.6. The van der Waals surface area contributed by atoms with Gasteiger partial charge >= 0.3 is 17.9 Å². The molecule has 0 spiro atoms. The number of carbonyl (C=O) groups excluding carboxylic acids is 4. The van der Waals surface area contributed by atoms with Crippen molar-refractivity contribution in [3.05, 3.63) is 36.5 Å². The van der Waals surface area contributed by atoms with Gasteiger partial charge in [0, 0.05) is 16.7 Å². The maximum absolute atomic E-state index is 13.2. The Morgan fingerprint density at radius 3 is 2.25 bits per heavy atom. The number of epoxide rings is 1. The molecular formula is C23H28O9. The monoisotopic (exact) mass is 448 g/mol. The molecular weight excluding hydrogens is 420 g/mol. The SMILES string of the molecule is C=C(C)C(=O)O[C@H]1[C@@H]2C(=C)C(=O)O[C@@H]2C[C@@H](C)[C@@H]2OC2C(=O)[C@](C)(O)[C@H]1OC(=O)C(=C)C. The van der Waals surface area contributed by atoms with Gasteiger partial charge < -0.3 is 24.1 Å². The number of fused-ring (bicyclic) bond motifs is 2. The van der Waals surface area contributed by atoms with Crippen LogP contribution < -0.4 is 0 Å². The number of ether oxygens (including phenoxy) is 4. The number of carbonyl (C=O) groups is 4. The molecule has 0 amide bonds. The Labute approximate surface area is 186 Å². The number of ketones is 1. The highest BCUT2D eigenvalue weighted by Crippen LogP contribution is 2.45. The number of rotatable bonds is 4. The van der Waals surface area contributed by atoms with Crippen LogP contribution in [-0.2, 0) is 38.1 Å². The van der Waals surface area contributed by atoms with Gasteiger partial charge in [0.05, 0.1) is 12.0 Å². The first-order chi connectivity index (χ1) is 14.8.